The highest BCUT2D eigenvalue weighted by Crippen LogP contribution is 2.26. The minimum Gasteiger partial charge on any atom is -0.439 e. The van der Waals surface area contributed by atoms with E-state index in [4.69, 9.17) is 9.84 Å². The SMILES string of the molecule is OCc1cnc(-c2cccc(Oc3ccc4[nH]ccc4n3)c2)[nH]1. The van der Waals surface area contributed by atoms with Crippen LogP contribution < -0.4 is 4.74 Å². The molecule has 0 fully saturated rings. The number of fused-ring (bicyclic) bond motifs is 1. The summed E-state index contributed by atoms with van der Waals surface area (Å²) in [5.41, 5.74) is 3.38. The number of hydrogen-bond acceptors (Lipinski definition) is 4. The van der Waals surface area contributed by atoms with Crippen LogP contribution in [0.1, 0.15) is 5.69 Å². The summed E-state index contributed by atoms with van der Waals surface area (Å²) in [6.45, 7) is -0.0657. The molecule has 4 aromatic rings. The highest BCUT2D eigenvalue weighted by molar-refractivity contribution is 5.75. The summed E-state index contributed by atoms with van der Waals surface area (Å²) in [6.07, 6.45) is 3.46. The van der Waals surface area contributed by atoms with Crippen LogP contribution in [0.3, 0.4) is 0 Å². The van der Waals surface area contributed by atoms with Crippen molar-refractivity contribution >= 4 is 11.0 Å². The fourth-order valence-electron chi connectivity index (χ4n) is 2.39. The lowest BCUT2D eigenvalue weighted by Crippen LogP contribution is -1.89. The zero-order valence-electron chi connectivity index (χ0n) is 12.2. The van der Waals surface area contributed by atoms with Crippen molar-refractivity contribution in [2.45, 2.75) is 6.61 Å². The van der Waals surface area contributed by atoms with Gasteiger partial charge in [0.2, 0.25) is 5.88 Å². The van der Waals surface area contributed by atoms with E-state index in [1.165, 1.54) is 0 Å². The summed E-state index contributed by atoms with van der Waals surface area (Å²) in [6, 6.07) is 13.2. The number of aliphatic hydroxyl groups excluding tert-OH is 1. The Hall–Kier alpha value is -3.12. The Balaban J connectivity index is 1.62. The van der Waals surface area contributed by atoms with Crippen LogP contribution in [0.15, 0.2) is 54.9 Å². The average Bonchev–Trinajstić information content (AvgIpc) is 3.24. The molecule has 0 amide bonds. The van der Waals surface area contributed by atoms with Crippen molar-refractivity contribution in [1.29, 1.82) is 0 Å². The van der Waals surface area contributed by atoms with Crippen molar-refractivity contribution in [1.82, 2.24) is 19.9 Å². The smallest absolute Gasteiger partial charge is 0.219 e. The fourth-order valence-corrected chi connectivity index (χ4v) is 2.39. The molecule has 6 heteroatoms. The Kier molecular flexibility index (Phi) is 3.29. The van der Waals surface area contributed by atoms with Crippen LogP contribution >= 0.6 is 0 Å². The van der Waals surface area contributed by atoms with Gasteiger partial charge in [-0.1, -0.05) is 12.1 Å². The van der Waals surface area contributed by atoms with Gasteiger partial charge in [0, 0.05) is 17.8 Å². The number of aromatic amines is 2. The van der Waals surface area contributed by atoms with Crippen LogP contribution in [-0.2, 0) is 6.61 Å². The summed E-state index contributed by atoms with van der Waals surface area (Å²) in [4.78, 5) is 14.8. The van der Waals surface area contributed by atoms with E-state index in [-0.39, 0.29) is 6.61 Å². The minimum absolute atomic E-state index is 0.0657. The van der Waals surface area contributed by atoms with Crippen LogP contribution in [0.25, 0.3) is 22.4 Å². The number of hydrogen-bond donors (Lipinski definition) is 3. The van der Waals surface area contributed by atoms with E-state index < -0.39 is 0 Å². The Morgan fingerprint density at radius 1 is 1.13 bits per heavy atom. The van der Waals surface area contributed by atoms with Gasteiger partial charge < -0.3 is 19.8 Å². The Morgan fingerprint density at radius 3 is 2.96 bits per heavy atom. The van der Waals surface area contributed by atoms with E-state index in [0.717, 1.165) is 16.6 Å². The quantitative estimate of drug-likeness (QED) is 0.540. The number of H-pyrrole nitrogens is 2. The lowest BCUT2D eigenvalue weighted by atomic mass is 10.2. The maximum atomic E-state index is 9.11. The predicted molar refractivity (Wildman–Crippen MR) is 86.1 cm³/mol. The van der Waals surface area contributed by atoms with Crippen molar-refractivity contribution in [3.8, 4) is 23.0 Å². The molecule has 0 aliphatic carbocycles. The highest BCUT2D eigenvalue weighted by Gasteiger charge is 2.06. The molecule has 0 spiro atoms. The first-order chi connectivity index (χ1) is 11.3. The molecule has 0 saturated carbocycles. The summed E-state index contributed by atoms with van der Waals surface area (Å²) >= 11 is 0. The van der Waals surface area contributed by atoms with Crippen molar-refractivity contribution in [2.75, 3.05) is 0 Å². The number of rotatable bonds is 4. The monoisotopic (exact) mass is 306 g/mol. The third-order valence-corrected chi connectivity index (χ3v) is 3.51. The topological polar surface area (TPSA) is 86.8 Å². The normalized spacial score (nSPS) is 11.0. The Bertz CT molecular complexity index is 958. The number of benzene rings is 1. The number of aliphatic hydroxyl groups is 1. The lowest BCUT2D eigenvalue weighted by Gasteiger charge is -2.06. The van der Waals surface area contributed by atoms with Gasteiger partial charge in [-0.2, -0.15) is 0 Å². The van der Waals surface area contributed by atoms with Gasteiger partial charge in [0.25, 0.3) is 0 Å². The molecule has 23 heavy (non-hydrogen) atoms. The number of nitrogens with one attached hydrogen (secondary N) is 2. The van der Waals surface area contributed by atoms with Gasteiger partial charge in [0.15, 0.2) is 0 Å². The van der Waals surface area contributed by atoms with E-state index in [1.807, 2.05) is 48.7 Å². The van der Waals surface area contributed by atoms with Crippen LogP contribution in [0, 0.1) is 0 Å². The van der Waals surface area contributed by atoms with Crippen molar-refractivity contribution in [3.63, 3.8) is 0 Å². The minimum atomic E-state index is -0.0657. The van der Waals surface area contributed by atoms with Crippen molar-refractivity contribution in [2.24, 2.45) is 0 Å². The number of ether oxygens (including phenoxy) is 1. The third-order valence-electron chi connectivity index (χ3n) is 3.51. The maximum Gasteiger partial charge on any atom is 0.219 e. The molecule has 0 aliphatic heterocycles. The zero-order chi connectivity index (χ0) is 15.6. The molecule has 114 valence electrons. The van der Waals surface area contributed by atoms with Crippen molar-refractivity contribution in [3.05, 3.63) is 60.6 Å². The molecule has 4 rings (SSSR count). The van der Waals surface area contributed by atoms with Gasteiger partial charge in [-0.15, -0.1) is 0 Å². The first-order valence-electron chi connectivity index (χ1n) is 7.19. The van der Waals surface area contributed by atoms with E-state index >= 15 is 0 Å². The second-order valence-corrected chi connectivity index (χ2v) is 5.11. The molecule has 3 N–H and O–H groups in total. The summed E-state index contributed by atoms with van der Waals surface area (Å²) in [5, 5.41) is 9.11. The zero-order valence-corrected chi connectivity index (χ0v) is 12.2. The van der Waals surface area contributed by atoms with E-state index in [2.05, 4.69) is 19.9 Å². The second-order valence-electron chi connectivity index (χ2n) is 5.11. The Labute approximate surface area is 131 Å². The van der Waals surface area contributed by atoms with Gasteiger partial charge in [-0.25, -0.2) is 9.97 Å². The predicted octanol–water partition coefficient (Wildman–Crippen LogP) is 3.24. The van der Waals surface area contributed by atoms with Crippen LogP contribution in [-0.4, -0.2) is 25.0 Å². The molecule has 0 unspecified atom stereocenters. The number of pyridine rings is 1. The number of imidazole rings is 1. The van der Waals surface area contributed by atoms with Crippen LogP contribution in [0.5, 0.6) is 11.6 Å². The van der Waals surface area contributed by atoms with E-state index in [9.17, 15) is 0 Å². The molecule has 0 radical (unpaired) electrons. The summed E-state index contributed by atoms with van der Waals surface area (Å²) in [5.74, 6) is 1.89. The molecule has 0 bridgehead atoms. The molecular formula is C17H14N4O2. The number of aromatic nitrogens is 4. The molecular weight excluding hydrogens is 292 g/mol. The summed E-state index contributed by atoms with van der Waals surface area (Å²) < 4.78 is 5.84. The lowest BCUT2D eigenvalue weighted by molar-refractivity contribution is 0.277. The first kappa shape index (κ1) is 13.5. The largest absolute Gasteiger partial charge is 0.439 e. The first-order valence-corrected chi connectivity index (χ1v) is 7.19. The Morgan fingerprint density at radius 2 is 2.09 bits per heavy atom. The van der Waals surface area contributed by atoms with E-state index in [0.29, 0.717) is 23.1 Å². The second kappa shape index (κ2) is 5.58. The molecule has 6 nitrogen and oxygen atoms in total. The molecule has 3 heterocycles. The van der Waals surface area contributed by atoms with E-state index in [1.54, 1.807) is 6.20 Å². The summed E-state index contributed by atoms with van der Waals surface area (Å²) in [7, 11) is 0. The van der Waals surface area contributed by atoms with Gasteiger partial charge in [0.1, 0.15) is 11.6 Å². The number of nitrogens with zero attached hydrogens (tertiary/aromatic N) is 2. The van der Waals surface area contributed by atoms with Gasteiger partial charge in [-0.3, -0.25) is 0 Å². The fraction of sp³-hybridized carbons (Fsp3) is 0.0588. The molecule has 0 atom stereocenters. The average molecular weight is 306 g/mol. The third kappa shape index (κ3) is 2.67. The van der Waals surface area contributed by atoms with Gasteiger partial charge in [0.05, 0.1) is 29.5 Å². The standard InChI is InChI=1S/C17H14N4O2/c22-10-12-9-19-17(20-12)11-2-1-3-13(8-11)23-16-5-4-14-15(21-16)6-7-18-14/h1-9,18,22H,10H2,(H,19,20). The van der Waals surface area contributed by atoms with Gasteiger partial charge in [-0.05, 0) is 24.3 Å². The molecule has 1 aromatic carbocycles. The van der Waals surface area contributed by atoms with Crippen LogP contribution in [0.2, 0.25) is 0 Å². The molecule has 0 saturated heterocycles. The molecule has 3 aromatic heterocycles. The maximum absolute atomic E-state index is 9.11. The molecule has 0 aliphatic rings. The van der Waals surface area contributed by atoms with Crippen molar-refractivity contribution < 1.29 is 9.84 Å². The van der Waals surface area contributed by atoms with Gasteiger partial charge >= 0.3 is 0 Å². The highest BCUT2D eigenvalue weighted by atomic mass is 16.5. The van der Waals surface area contributed by atoms with Crippen LogP contribution in [0.4, 0.5) is 0 Å².